The standard InChI is InChI=1S/C16H16N2O2/c1-19-13-8-5-9-14-15(13)18-16(20-14)12(17)10-11-6-3-2-4-7-11/h2-9,12H,10,17H2,1H3. The minimum atomic E-state index is -0.269. The van der Waals surface area contributed by atoms with Crippen LogP contribution in [-0.4, -0.2) is 12.1 Å². The van der Waals surface area contributed by atoms with E-state index in [2.05, 4.69) is 4.98 Å². The first-order chi connectivity index (χ1) is 9.78. The van der Waals surface area contributed by atoms with Crippen molar-refractivity contribution >= 4 is 11.1 Å². The molecule has 1 unspecified atom stereocenters. The lowest BCUT2D eigenvalue weighted by Crippen LogP contribution is -2.13. The van der Waals surface area contributed by atoms with Crippen molar-refractivity contribution in [2.24, 2.45) is 5.73 Å². The highest BCUT2D eigenvalue weighted by Gasteiger charge is 2.16. The second-order valence-electron chi connectivity index (χ2n) is 4.66. The number of hydrogen-bond donors (Lipinski definition) is 1. The van der Waals surface area contributed by atoms with Crippen LogP contribution in [0, 0.1) is 0 Å². The van der Waals surface area contributed by atoms with Crippen LogP contribution in [0.1, 0.15) is 17.5 Å². The van der Waals surface area contributed by atoms with E-state index < -0.39 is 0 Å². The summed E-state index contributed by atoms with van der Waals surface area (Å²) in [6.45, 7) is 0. The predicted molar refractivity (Wildman–Crippen MR) is 77.6 cm³/mol. The van der Waals surface area contributed by atoms with Gasteiger partial charge in [-0.25, -0.2) is 4.98 Å². The lowest BCUT2D eigenvalue weighted by atomic mass is 10.1. The summed E-state index contributed by atoms with van der Waals surface area (Å²) in [6.07, 6.45) is 0.690. The average Bonchev–Trinajstić information content (AvgIpc) is 2.92. The Morgan fingerprint density at radius 1 is 1.15 bits per heavy atom. The average molecular weight is 268 g/mol. The number of para-hydroxylation sites is 1. The van der Waals surface area contributed by atoms with Gasteiger partial charge >= 0.3 is 0 Å². The van der Waals surface area contributed by atoms with Crippen molar-refractivity contribution in [3.05, 3.63) is 60.0 Å². The lowest BCUT2D eigenvalue weighted by Gasteiger charge is -2.06. The highest BCUT2D eigenvalue weighted by atomic mass is 16.5. The number of rotatable bonds is 4. The number of hydrogen-bond acceptors (Lipinski definition) is 4. The van der Waals surface area contributed by atoms with Gasteiger partial charge in [0.2, 0.25) is 5.89 Å². The summed E-state index contributed by atoms with van der Waals surface area (Å²) in [6, 6.07) is 15.4. The molecule has 1 atom stereocenters. The number of nitrogens with two attached hydrogens (primary N) is 1. The Labute approximate surface area is 117 Å². The van der Waals surface area contributed by atoms with Crippen LogP contribution in [0.25, 0.3) is 11.1 Å². The molecule has 3 aromatic rings. The Bertz CT molecular complexity index is 707. The first-order valence-electron chi connectivity index (χ1n) is 6.51. The third-order valence-corrected chi connectivity index (χ3v) is 3.23. The number of benzene rings is 2. The second kappa shape index (κ2) is 5.35. The maximum absolute atomic E-state index is 6.19. The fraction of sp³-hybridized carbons (Fsp3) is 0.188. The molecule has 0 spiro atoms. The Kier molecular flexibility index (Phi) is 3.39. The summed E-state index contributed by atoms with van der Waals surface area (Å²) in [5, 5.41) is 0. The zero-order chi connectivity index (χ0) is 13.9. The van der Waals surface area contributed by atoms with Crippen LogP contribution in [0.15, 0.2) is 52.9 Å². The normalized spacial score (nSPS) is 12.5. The van der Waals surface area contributed by atoms with Crippen molar-refractivity contribution in [2.75, 3.05) is 7.11 Å². The number of oxazole rings is 1. The largest absolute Gasteiger partial charge is 0.494 e. The molecule has 0 aliphatic rings. The maximum Gasteiger partial charge on any atom is 0.212 e. The summed E-state index contributed by atoms with van der Waals surface area (Å²) in [5.74, 6) is 1.23. The van der Waals surface area contributed by atoms with Gasteiger partial charge in [0.25, 0.3) is 0 Å². The van der Waals surface area contributed by atoms with E-state index in [-0.39, 0.29) is 6.04 Å². The van der Waals surface area contributed by atoms with Gasteiger partial charge in [0, 0.05) is 0 Å². The zero-order valence-electron chi connectivity index (χ0n) is 11.2. The van der Waals surface area contributed by atoms with Crippen LogP contribution < -0.4 is 10.5 Å². The molecule has 0 aliphatic heterocycles. The monoisotopic (exact) mass is 268 g/mol. The summed E-state index contributed by atoms with van der Waals surface area (Å²) in [4.78, 5) is 4.46. The SMILES string of the molecule is COc1cccc2oc(C(N)Cc3ccccc3)nc12. The van der Waals surface area contributed by atoms with Gasteiger partial charge in [-0.15, -0.1) is 0 Å². The Hall–Kier alpha value is -2.33. The van der Waals surface area contributed by atoms with Crippen molar-refractivity contribution in [3.63, 3.8) is 0 Å². The van der Waals surface area contributed by atoms with Crippen LogP contribution in [0.4, 0.5) is 0 Å². The molecule has 20 heavy (non-hydrogen) atoms. The minimum absolute atomic E-state index is 0.269. The fourth-order valence-electron chi connectivity index (χ4n) is 2.22. The molecule has 2 aromatic carbocycles. The van der Waals surface area contributed by atoms with E-state index in [0.29, 0.717) is 29.2 Å². The van der Waals surface area contributed by atoms with Crippen LogP contribution in [0.5, 0.6) is 5.75 Å². The third kappa shape index (κ3) is 2.38. The summed E-state index contributed by atoms with van der Waals surface area (Å²) < 4.78 is 11.0. The molecule has 0 aliphatic carbocycles. The fourth-order valence-corrected chi connectivity index (χ4v) is 2.22. The predicted octanol–water partition coefficient (Wildman–Crippen LogP) is 3.08. The zero-order valence-corrected chi connectivity index (χ0v) is 11.2. The molecule has 1 aromatic heterocycles. The number of methoxy groups -OCH3 is 1. The summed E-state index contributed by atoms with van der Waals surface area (Å²) >= 11 is 0. The molecule has 0 saturated carbocycles. The van der Waals surface area contributed by atoms with Gasteiger partial charge in [-0.1, -0.05) is 36.4 Å². The Morgan fingerprint density at radius 2 is 1.95 bits per heavy atom. The van der Waals surface area contributed by atoms with E-state index in [1.54, 1.807) is 7.11 Å². The molecule has 1 heterocycles. The molecule has 102 valence electrons. The summed E-state index contributed by atoms with van der Waals surface area (Å²) in [7, 11) is 1.62. The molecule has 0 saturated heterocycles. The first kappa shape index (κ1) is 12.7. The van der Waals surface area contributed by atoms with E-state index in [1.165, 1.54) is 0 Å². The molecular formula is C16H16N2O2. The van der Waals surface area contributed by atoms with E-state index in [1.807, 2.05) is 48.5 Å². The number of ether oxygens (including phenoxy) is 1. The van der Waals surface area contributed by atoms with Crippen LogP contribution in [-0.2, 0) is 6.42 Å². The van der Waals surface area contributed by atoms with Crippen LogP contribution in [0.3, 0.4) is 0 Å². The molecule has 0 bridgehead atoms. The Morgan fingerprint density at radius 3 is 2.70 bits per heavy atom. The molecule has 0 radical (unpaired) electrons. The molecule has 2 N–H and O–H groups in total. The van der Waals surface area contributed by atoms with E-state index in [4.69, 9.17) is 14.9 Å². The molecule has 0 fully saturated rings. The van der Waals surface area contributed by atoms with Gasteiger partial charge in [-0.3, -0.25) is 0 Å². The smallest absolute Gasteiger partial charge is 0.212 e. The first-order valence-corrected chi connectivity index (χ1v) is 6.51. The van der Waals surface area contributed by atoms with Crippen molar-refractivity contribution in [1.82, 2.24) is 4.98 Å². The minimum Gasteiger partial charge on any atom is -0.494 e. The molecule has 4 heteroatoms. The van der Waals surface area contributed by atoms with Gasteiger partial charge in [-0.05, 0) is 24.1 Å². The highest BCUT2D eigenvalue weighted by molar-refractivity contribution is 5.79. The van der Waals surface area contributed by atoms with Crippen molar-refractivity contribution in [3.8, 4) is 5.75 Å². The quantitative estimate of drug-likeness (QED) is 0.790. The van der Waals surface area contributed by atoms with Crippen molar-refractivity contribution < 1.29 is 9.15 Å². The number of fused-ring (bicyclic) bond motifs is 1. The van der Waals surface area contributed by atoms with E-state index >= 15 is 0 Å². The highest BCUT2D eigenvalue weighted by Crippen LogP contribution is 2.27. The molecular weight excluding hydrogens is 252 g/mol. The van der Waals surface area contributed by atoms with E-state index in [9.17, 15) is 0 Å². The van der Waals surface area contributed by atoms with Gasteiger partial charge in [0.15, 0.2) is 11.1 Å². The molecule has 4 nitrogen and oxygen atoms in total. The molecule has 3 rings (SSSR count). The second-order valence-corrected chi connectivity index (χ2v) is 4.66. The molecule has 0 amide bonds. The van der Waals surface area contributed by atoms with Gasteiger partial charge in [0.05, 0.1) is 13.2 Å². The van der Waals surface area contributed by atoms with Crippen LogP contribution >= 0.6 is 0 Å². The van der Waals surface area contributed by atoms with Gasteiger partial charge in [-0.2, -0.15) is 0 Å². The topological polar surface area (TPSA) is 61.3 Å². The number of nitrogens with zero attached hydrogens (tertiary/aromatic N) is 1. The van der Waals surface area contributed by atoms with Crippen molar-refractivity contribution in [1.29, 1.82) is 0 Å². The van der Waals surface area contributed by atoms with Crippen LogP contribution in [0.2, 0.25) is 0 Å². The third-order valence-electron chi connectivity index (χ3n) is 3.23. The van der Waals surface area contributed by atoms with Gasteiger partial charge < -0.3 is 14.9 Å². The van der Waals surface area contributed by atoms with Crippen molar-refractivity contribution in [2.45, 2.75) is 12.5 Å². The lowest BCUT2D eigenvalue weighted by molar-refractivity contribution is 0.419. The summed E-state index contributed by atoms with van der Waals surface area (Å²) in [5.41, 5.74) is 8.76. The van der Waals surface area contributed by atoms with Gasteiger partial charge in [0.1, 0.15) is 5.75 Å². The Balaban J connectivity index is 1.90. The number of aromatic nitrogens is 1. The maximum atomic E-state index is 6.19. The van der Waals surface area contributed by atoms with E-state index in [0.717, 1.165) is 5.56 Å².